The SMILES string of the molecule is CCNC(=NCC(O)COc1cccc(C(F)(F)F)c1)N1CCC(c2ncn[nH]2)CC1.I. The van der Waals surface area contributed by atoms with Crippen LogP contribution in [0.3, 0.4) is 0 Å². The monoisotopic (exact) mass is 568 g/mol. The first kappa shape index (κ1) is 26.2. The lowest BCUT2D eigenvalue weighted by atomic mass is 9.96. The summed E-state index contributed by atoms with van der Waals surface area (Å²) in [5.74, 6) is 1.97. The van der Waals surface area contributed by atoms with Crippen LogP contribution in [-0.2, 0) is 6.18 Å². The first-order valence-electron chi connectivity index (χ1n) is 10.2. The second-order valence-corrected chi connectivity index (χ2v) is 7.32. The maximum Gasteiger partial charge on any atom is 0.416 e. The zero-order valence-corrected chi connectivity index (χ0v) is 20.0. The number of aliphatic hydroxyl groups excluding tert-OH is 1. The van der Waals surface area contributed by atoms with E-state index >= 15 is 0 Å². The molecule has 3 N–H and O–H groups in total. The maximum atomic E-state index is 12.8. The number of aliphatic hydroxyl groups is 1. The number of ether oxygens (including phenoxy) is 1. The van der Waals surface area contributed by atoms with E-state index in [1.54, 1.807) is 0 Å². The molecular formula is C20H28F3IN6O2. The van der Waals surface area contributed by atoms with Crippen LogP contribution < -0.4 is 10.1 Å². The Bertz CT molecular complexity index is 842. The lowest BCUT2D eigenvalue weighted by Crippen LogP contribution is -2.45. The van der Waals surface area contributed by atoms with Crippen molar-refractivity contribution in [2.24, 2.45) is 4.99 Å². The molecule has 0 saturated carbocycles. The number of alkyl halides is 3. The number of hydrogen-bond donors (Lipinski definition) is 3. The number of rotatable bonds is 7. The Kier molecular flexibility index (Phi) is 10.0. The summed E-state index contributed by atoms with van der Waals surface area (Å²) in [6.07, 6.45) is -2.07. The lowest BCUT2D eigenvalue weighted by molar-refractivity contribution is -0.137. The van der Waals surface area contributed by atoms with Gasteiger partial charge in [-0.05, 0) is 38.0 Å². The highest BCUT2D eigenvalue weighted by molar-refractivity contribution is 14.0. The Morgan fingerprint density at radius 1 is 1.38 bits per heavy atom. The summed E-state index contributed by atoms with van der Waals surface area (Å²) in [4.78, 5) is 10.8. The van der Waals surface area contributed by atoms with E-state index in [0.29, 0.717) is 18.4 Å². The predicted molar refractivity (Wildman–Crippen MR) is 124 cm³/mol. The summed E-state index contributed by atoms with van der Waals surface area (Å²) in [5, 5.41) is 20.2. The van der Waals surface area contributed by atoms with Crippen molar-refractivity contribution in [3.05, 3.63) is 42.0 Å². The van der Waals surface area contributed by atoms with Crippen molar-refractivity contribution < 1.29 is 23.0 Å². The summed E-state index contributed by atoms with van der Waals surface area (Å²) in [5.41, 5.74) is -0.791. The van der Waals surface area contributed by atoms with E-state index in [1.165, 1.54) is 18.5 Å². The number of guanidine groups is 1. The van der Waals surface area contributed by atoms with Crippen LogP contribution in [0.1, 0.15) is 37.1 Å². The minimum Gasteiger partial charge on any atom is -0.491 e. The van der Waals surface area contributed by atoms with E-state index in [4.69, 9.17) is 4.74 Å². The molecule has 1 unspecified atom stereocenters. The zero-order valence-electron chi connectivity index (χ0n) is 17.7. The topological polar surface area (TPSA) is 98.7 Å². The van der Waals surface area contributed by atoms with Crippen LogP contribution in [-0.4, -0.2) is 70.0 Å². The van der Waals surface area contributed by atoms with E-state index in [9.17, 15) is 18.3 Å². The Morgan fingerprint density at radius 3 is 2.75 bits per heavy atom. The summed E-state index contributed by atoms with van der Waals surface area (Å²) >= 11 is 0. The number of hydrogen-bond acceptors (Lipinski definition) is 5. The normalized spacial score (nSPS) is 16.4. The molecule has 0 radical (unpaired) electrons. The third-order valence-corrected chi connectivity index (χ3v) is 5.01. The molecule has 1 saturated heterocycles. The van der Waals surface area contributed by atoms with E-state index < -0.39 is 17.8 Å². The van der Waals surface area contributed by atoms with Gasteiger partial charge >= 0.3 is 6.18 Å². The van der Waals surface area contributed by atoms with E-state index in [0.717, 1.165) is 43.9 Å². The van der Waals surface area contributed by atoms with Crippen LogP contribution in [0.5, 0.6) is 5.75 Å². The summed E-state index contributed by atoms with van der Waals surface area (Å²) < 4.78 is 43.7. The molecule has 8 nitrogen and oxygen atoms in total. The van der Waals surface area contributed by atoms with Gasteiger partial charge in [0.15, 0.2) is 5.96 Å². The molecule has 0 amide bonds. The fourth-order valence-electron chi connectivity index (χ4n) is 3.40. The number of nitrogens with one attached hydrogen (secondary N) is 2. The van der Waals surface area contributed by atoms with Gasteiger partial charge in [0.1, 0.15) is 30.6 Å². The standard InChI is InChI=1S/C20H27F3N6O2.HI/c1-2-24-19(29-8-6-14(7-9-29)18-26-13-27-28-18)25-11-16(30)12-31-17-5-3-4-15(10-17)20(21,22)23;/h3-5,10,13-14,16,30H,2,6-9,11-12H2,1H3,(H,24,25)(H,26,27,28);1H. The average Bonchev–Trinajstić information content (AvgIpc) is 3.30. The molecule has 1 aromatic heterocycles. The highest BCUT2D eigenvalue weighted by Gasteiger charge is 2.30. The Balaban J connectivity index is 0.00000363. The molecule has 178 valence electrons. The third kappa shape index (κ3) is 7.50. The molecule has 1 aliphatic rings. The van der Waals surface area contributed by atoms with Gasteiger partial charge in [-0.3, -0.25) is 10.1 Å². The van der Waals surface area contributed by atoms with Crippen molar-refractivity contribution in [1.29, 1.82) is 0 Å². The average molecular weight is 568 g/mol. The zero-order chi connectivity index (χ0) is 22.3. The van der Waals surface area contributed by atoms with Crippen molar-refractivity contribution >= 4 is 29.9 Å². The Morgan fingerprint density at radius 2 is 2.12 bits per heavy atom. The number of piperidine rings is 1. The molecule has 1 aliphatic heterocycles. The second-order valence-electron chi connectivity index (χ2n) is 7.32. The predicted octanol–water partition coefficient (Wildman–Crippen LogP) is 3.03. The number of likely N-dealkylation sites (tertiary alicyclic amines) is 1. The second kappa shape index (κ2) is 12.2. The van der Waals surface area contributed by atoms with Gasteiger partial charge in [0.05, 0.1) is 12.1 Å². The van der Waals surface area contributed by atoms with Crippen molar-refractivity contribution in [3.8, 4) is 5.75 Å². The highest BCUT2D eigenvalue weighted by Crippen LogP contribution is 2.31. The molecule has 32 heavy (non-hydrogen) atoms. The van der Waals surface area contributed by atoms with Crippen molar-refractivity contribution in [2.75, 3.05) is 32.8 Å². The van der Waals surface area contributed by atoms with Gasteiger partial charge in [0.25, 0.3) is 0 Å². The number of aromatic amines is 1. The minimum absolute atomic E-state index is 0. The molecule has 1 fully saturated rings. The molecule has 2 heterocycles. The van der Waals surface area contributed by atoms with Crippen molar-refractivity contribution in [3.63, 3.8) is 0 Å². The Labute approximate surface area is 201 Å². The van der Waals surface area contributed by atoms with Gasteiger partial charge < -0.3 is 20.1 Å². The highest BCUT2D eigenvalue weighted by atomic mass is 127. The molecule has 12 heteroatoms. The third-order valence-electron chi connectivity index (χ3n) is 5.01. The number of halogens is 4. The van der Waals surface area contributed by atoms with E-state index in [2.05, 4.69) is 30.4 Å². The van der Waals surface area contributed by atoms with E-state index in [-0.39, 0.29) is 42.9 Å². The molecule has 2 aromatic rings. The maximum absolute atomic E-state index is 12.8. The largest absolute Gasteiger partial charge is 0.491 e. The summed E-state index contributed by atoms with van der Waals surface area (Å²) in [7, 11) is 0. The molecular weight excluding hydrogens is 540 g/mol. The Hall–Kier alpha value is -2.09. The first-order chi connectivity index (χ1) is 14.9. The molecule has 0 spiro atoms. The van der Waals surface area contributed by atoms with Gasteiger partial charge in [-0.1, -0.05) is 6.07 Å². The molecule has 0 bridgehead atoms. The first-order valence-corrected chi connectivity index (χ1v) is 10.2. The van der Waals surface area contributed by atoms with Crippen LogP contribution in [0.15, 0.2) is 35.6 Å². The van der Waals surface area contributed by atoms with Gasteiger partial charge in [-0.25, -0.2) is 4.98 Å². The number of aliphatic imine (C=N–C) groups is 1. The van der Waals surface area contributed by atoms with E-state index in [1.807, 2.05) is 6.92 Å². The quantitative estimate of drug-likeness (QED) is 0.270. The fourth-order valence-corrected chi connectivity index (χ4v) is 3.40. The van der Waals surface area contributed by atoms with Gasteiger partial charge in [0.2, 0.25) is 0 Å². The smallest absolute Gasteiger partial charge is 0.416 e. The van der Waals surface area contributed by atoms with Crippen molar-refractivity contribution in [2.45, 2.75) is 38.0 Å². The summed E-state index contributed by atoms with van der Waals surface area (Å²) in [6, 6.07) is 4.59. The number of aromatic nitrogens is 3. The van der Waals surface area contributed by atoms with Crippen LogP contribution >= 0.6 is 24.0 Å². The van der Waals surface area contributed by atoms with Crippen LogP contribution in [0.4, 0.5) is 13.2 Å². The van der Waals surface area contributed by atoms with Gasteiger partial charge in [-0.2, -0.15) is 18.3 Å². The number of H-pyrrole nitrogens is 1. The minimum atomic E-state index is -4.44. The van der Waals surface area contributed by atoms with Crippen molar-refractivity contribution in [1.82, 2.24) is 25.4 Å². The molecule has 3 rings (SSSR count). The number of nitrogens with zero attached hydrogens (tertiary/aromatic N) is 4. The van der Waals surface area contributed by atoms with Crippen LogP contribution in [0.2, 0.25) is 0 Å². The molecule has 1 atom stereocenters. The molecule has 1 aromatic carbocycles. The fraction of sp³-hybridized carbons (Fsp3) is 0.550. The lowest BCUT2D eigenvalue weighted by Gasteiger charge is -2.33. The van der Waals surface area contributed by atoms with Crippen LogP contribution in [0.25, 0.3) is 0 Å². The van der Waals surface area contributed by atoms with Crippen LogP contribution in [0, 0.1) is 0 Å². The summed E-state index contributed by atoms with van der Waals surface area (Å²) in [6.45, 7) is 4.13. The van der Waals surface area contributed by atoms with Gasteiger partial charge in [-0.15, -0.1) is 24.0 Å². The number of benzene rings is 1. The van der Waals surface area contributed by atoms with Gasteiger partial charge in [0, 0.05) is 25.6 Å². The molecule has 0 aliphatic carbocycles.